The summed E-state index contributed by atoms with van der Waals surface area (Å²) < 4.78 is 1.89. The maximum Gasteiger partial charge on any atom is 0.335 e. The first-order valence-corrected chi connectivity index (χ1v) is 5.88. The van der Waals surface area contributed by atoms with Crippen LogP contribution in [0, 0.1) is 0 Å². The molecule has 0 unspecified atom stereocenters. The van der Waals surface area contributed by atoms with Crippen LogP contribution in [0.25, 0.3) is 16.2 Å². The smallest absolute Gasteiger partial charge is 0.335 e. The Kier molecular flexibility index (Phi) is 2.19. The van der Waals surface area contributed by atoms with Gasteiger partial charge in [-0.25, -0.2) is 9.78 Å². The van der Waals surface area contributed by atoms with Crippen molar-refractivity contribution in [3.8, 4) is 10.7 Å². The van der Waals surface area contributed by atoms with E-state index >= 15 is 0 Å². The molecule has 1 N–H and O–H groups in total. The van der Waals surface area contributed by atoms with Gasteiger partial charge in [-0.05, 0) is 23.6 Å². The van der Waals surface area contributed by atoms with E-state index in [2.05, 4.69) is 4.98 Å². The van der Waals surface area contributed by atoms with E-state index in [1.165, 1.54) is 0 Å². The Morgan fingerprint density at radius 2 is 2.29 bits per heavy atom. The van der Waals surface area contributed by atoms with E-state index in [4.69, 9.17) is 5.11 Å². The SMILES string of the molecule is O=C(O)c1ccn2c(-c3cccs3)ncc2c1. The molecule has 0 fully saturated rings. The summed E-state index contributed by atoms with van der Waals surface area (Å²) in [6, 6.07) is 7.15. The van der Waals surface area contributed by atoms with Crippen LogP contribution in [0.5, 0.6) is 0 Å². The Balaban J connectivity index is 2.21. The molecular formula is C12H8N2O2S. The molecule has 3 rings (SSSR count). The van der Waals surface area contributed by atoms with Gasteiger partial charge in [0.15, 0.2) is 5.82 Å². The Morgan fingerprint density at radius 3 is 3.00 bits per heavy atom. The van der Waals surface area contributed by atoms with Crippen molar-refractivity contribution in [3.63, 3.8) is 0 Å². The molecule has 0 spiro atoms. The molecule has 3 aromatic heterocycles. The highest BCUT2D eigenvalue weighted by atomic mass is 32.1. The Hall–Kier alpha value is -2.14. The van der Waals surface area contributed by atoms with Gasteiger partial charge in [-0.2, -0.15) is 0 Å². The van der Waals surface area contributed by atoms with Gasteiger partial charge in [-0.1, -0.05) is 6.07 Å². The quantitative estimate of drug-likeness (QED) is 0.754. The van der Waals surface area contributed by atoms with Crippen LogP contribution >= 0.6 is 11.3 Å². The highest BCUT2D eigenvalue weighted by Gasteiger charge is 2.09. The number of aromatic carboxylic acids is 1. The van der Waals surface area contributed by atoms with Crippen LogP contribution in [0.2, 0.25) is 0 Å². The molecule has 3 aromatic rings. The molecule has 0 aliphatic carbocycles. The van der Waals surface area contributed by atoms with Crippen molar-refractivity contribution in [2.45, 2.75) is 0 Å². The van der Waals surface area contributed by atoms with E-state index in [0.717, 1.165) is 16.2 Å². The van der Waals surface area contributed by atoms with E-state index in [1.54, 1.807) is 35.9 Å². The zero-order valence-electron chi connectivity index (χ0n) is 8.70. The van der Waals surface area contributed by atoms with Crippen LogP contribution in [0.1, 0.15) is 10.4 Å². The predicted octanol–water partition coefficient (Wildman–Crippen LogP) is 2.76. The maximum absolute atomic E-state index is 10.9. The number of aromatic nitrogens is 2. The molecular weight excluding hydrogens is 236 g/mol. The normalized spacial score (nSPS) is 10.8. The summed E-state index contributed by atoms with van der Waals surface area (Å²) in [6.45, 7) is 0. The molecule has 0 bridgehead atoms. The number of carbonyl (C=O) groups is 1. The van der Waals surface area contributed by atoms with Gasteiger partial charge in [0, 0.05) is 6.20 Å². The second-order valence-electron chi connectivity index (χ2n) is 3.57. The summed E-state index contributed by atoms with van der Waals surface area (Å²) in [6.07, 6.45) is 3.42. The second-order valence-corrected chi connectivity index (χ2v) is 4.52. The number of nitrogens with zero attached hydrogens (tertiary/aromatic N) is 2. The number of hydrogen-bond acceptors (Lipinski definition) is 3. The molecule has 84 valence electrons. The first-order valence-electron chi connectivity index (χ1n) is 5.00. The standard InChI is InChI=1S/C12H8N2O2S/c15-12(16)8-3-4-14-9(6-8)7-13-11(14)10-2-1-5-17-10/h1-7H,(H,15,16). The molecule has 0 atom stereocenters. The Morgan fingerprint density at radius 1 is 1.41 bits per heavy atom. The van der Waals surface area contributed by atoms with Crippen molar-refractivity contribution in [1.29, 1.82) is 0 Å². The Labute approximate surface area is 101 Å². The first-order chi connectivity index (χ1) is 8.25. The van der Waals surface area contributed by atoms with Gasteiger partial charge in [-0.3, -0.25) is 4.40 Å². The number of pyridine rings is 1. The van der Waals surface area contributed by atoms with Crippen LogP contribution in [0.15, 0.2) is 42.0 Å². The fraction of sp³-hybridized carbons (Fsp3) is 0. The monoisotopic (exact) mass is 244 g/mol. The Bertz CT molecular complexity index is 686. The number of carboxylic acid groups (broad SMARTS) is 1. The van der Waals surface area contributed by atoms with Crippen LogP contribution in [-0.4, -0.2) is 20.5 Å². The van der Waals surface area contributed by atoms with Gasteiger partial charge in [0.1, 0.15) is 0 Å². The van der Waals surface area contributed by atoms with Gasteiger partial charge in [0.25, 0.3) is 0 Å². The van der Waals surface area contributed by atoms with Crippen LogP contribution in [-0.2, 0) is 0 Å². The molecule has 5 heteroatoms. The van der Waals surface area contributed by atoms with Crippen molar-refractivity contribution >= 4 is 22.8 Å². The summed E-state index contributed by atoms with van der Waals surface area (Å²) >= 11 is 1.61. The number of rotatable bonds is 2. The average molecular weight is 244 g/mol. The minimum absolute atomic E-state index is 0.273. The second kappa shape index (κ2) is 3.71. The van der Waals surface area contributed by atoms with Gasteiger partial charge < -0.3 is 5.11 Å². The summed E-state index contributed by atoms with van der Waals surface area (Å²) in [5.41, 5.74) is 1.06. The van der Waals surface area contributed by atoms with Crippen molar-refractivity contribution in [3.05, 3.63) is 47.6 Å². The molecule has 4 nitrogen and oxygen atoms in total. The number of thiophene rings is 1. The molecule has 0 aliphatic rings. The molecule has 0 aliphatic heterocycles. The molecule has 3 heterocycles. The zero-order valence-corrected chi connectivity index (χ0v) is 9.52. The van der Waals surface area contributed by atoms with Crippen molar-refractivity contribution < 1.29 is 9.90 Å². The minimum Gasteiger partial charge on any atom is -0.478 e. The summed E-state index contributed by atoms with van der Waals surface area (Å²) in [4.78, 5) is 16.2. The molecule has 0 saturated heterocycles. The van der Waals surface area contributed by atoms with Crippen molar-refractivity contribution in [2.24, 2.45) is 0 Å². The lowest BCUT2D eigenvalue weighted by molar-refractivity contribution is 0.0697. The van der Waals surface area contributed by atoms with E-state index in [-0.39, 0.29) is 5.56 Å². The molecule has 0 radical (unpaired) electrons. The third kappa shape index (κ3) is 1.60. The highest BCUT2D eigenvalue weighted by molar-refractivity contribution is 7.13. The summed E-state index contributed by atoms with van der Waals surface area (Å²) in [5, 5.41) is 10.9. The van der Waals surface area contributed by atoms with Gasteiger partial charge in [0.05, 0.1) is 22.2 Å². The number of carboxylic acids is 1. The molecule has 0 aromatic carbocycles. The average Bonchev–Trinajstić information content (AvgIpc) is 2.96. The fourth-order valence-corrected chi connectivity index (χ4v) is 2.44. The lowest BCUT2D eigenvalue weighted by atomic mass is 10.2. The van der Waals surface area contributed by atoms with E-state index < -0.39 is 5.97 Å². The largest absolute Gasteiger partial charge is 0.478 e. The third-order valence-electron chi connectivity index (χ3n) is 2.52. The van der Waals surface area contributed by atoms with Crippen molar-refractivity contribution in [1.82, 2.24) is 9.38 Å². The van der Waals surface area contributed by atoms with Gasteiger partial charge in [0.2, 0.25) is 0 Å². The van der Waals surface area contributed by atoms with E-state index in [9.17, 15) is 4.79 Å². The minimum atomic E-state index is -0.925. The van der Waals surface area contributed by atoms with Crippen molar-refractivity contribution in [2.75, 3.05) is 0 Å². The van der Waals surface area contributed by atoms with Crippen LogP contribution in [0.4, 0.5) is 0 Å². The zero-order chi connectivity index (χ0) is 11.8. The fourth-order valence-electron chi connectivity index (χ4n) is 1.72. The van der Waals surface area contributed by atoms with Crippen LogP contribution in [0.3, 0.4) is 0 Å². The number of fused-ring (bicyclic) bond motifs is 1. The predicted molar refractivity (Wildman–Crippen MR) is 65.5 cm³/mol. The molecule has 17 heavy (non-hydrogen) atoms. The maximum atomic E-state index is 10.9. The molecule has 0 amide bonds. The summed E-state index contributed by atoms with van der Waals surface area (Å²) in [7, 11) is 0. The van der Waals surface area contributed by atoms with E-state index in [1.807, 2.05) is 21.9 Å². The molecule has 0 saturated carbocycles. The lowest BCUT2D eigenvalue weighted by Crippen LogP contribution is -1.97. The highest BCUT2D eigenvalue weighted by Crippen LogP contribution is 2.24. The number of hydrogen-bond donors (Lipinski definition) is 1. The van der Waals surface area contributed by atoms with Gasteiger partial charge in [-0.15, -0.1) is 11.3 Å². The first kappa shape index (κ1) is 10.0. The van der Waals surface area contributed by atoms with E-state index in [0.29, 0.717) is 0 Å². The van der Waals surface area contributed by atoms with Crippen LogP contribution < -0.4 is 0 Å². The number of imidazole rings is 1. The lowest BCUT2D eigenvalue weighted by Gasteiger charge is -1.99. The van der Waals surface area contributed by atoms with Gasteiger partial charge >= 0.3 is 5.97 Å². The summed E-state index contributed by atoms with van der Waals surface area (Å²) in [5.74, 6) is -0.0849. The topological polar surface area (TPSA) is 54.6 Å². The third-order valence-corrected chi connectivity index (χ3v) is 3.39.